The smallest absolute Gasteiger partial charge is 0.119 e. The largest absolute Gasteiger partial charge is 0.494 e. The second-order valence-corrected chi connectivity index (χ2v) is 5.01. The Morgan fingerprint density at radius 2 is 1.38 bits per heavy atom. The van der Waals surface area contributed by atoms with Crippen molar-refractivity contribution in [2.45, 2.75) is 26.2 Å². The minimum Gasteiger partial charge on any atom is -0.494 e. The molecule has 0 unspecified atom stereocenters. The number of ether oxygens (including phenoxy) is 2. The summed E-state index contributed by atoms with van der Waals surface area (Å²) in [4.78, 5) is 0. The average molecular weight is 285 g/mol. The van der Waals surface area contributed by atoms with Crippen LogP contribution in [0.3, 0.4) is 0 Å². The Labute approximate surface area is 126 Å². The number of hydrogen-bond donors (Lipinski definition) is 1. The highest BCUT2D eigenvalue weighted by molar-refractivity contribution is 5.39. The SMILES string of the molecule is CCCOc1ccc(OCCCc2ccc(N)cc2)cc1. The molecule has 3 nitrogen and oxygen atoms in total. The standard InChI is InChI=1S/C18H23NO2/c1-2-13-20-17-9-11-18(12-10-17)21-14-3-4-15-5-7-16(19)8-6-15/h5-12H,2-4,13-14,19H2,1H3. The minimum atomic E-state index is 0.708. The molecule has 0 saturated heterocycles. The first kappa shape index (κ1) is 15.2. The van der Waals surface area contributed by atoms with E-state index in [2.05, 4.69) is 19.1 Å². The van der Waals surface area contributed by atoms with E-state index in [4.69, 9.17) is 15.2 Å². The number of nitrogen functional groups attached to an aromatic ring is 1. The lowest BCUT2D eigenvalue weighted by molar-refractivity contribution is 0.305. The predicted octanol–water partition coefficient (Wildman–Crippen LogP) is 4.07. The molecular weight excluding hydrogens is 262 g/mol. The first-order valence-electron chi connectivity index (χ1n) is 7.48. The monoisotopic (exact) mass is 285 g/mol. The summed E-state index contributed by atoms with van der Waals surface area (Å²) in [5, 5.41) is 0. The fraction of sp³-hybridized carbons (Fsp3) is 0.333. The third-order valence-corrected chi connectivity index (χ3v) is 3.15. The van der Waals surface area contributed by atoms with Crippen molar-refractivity contribution in [2.75, 3.05) is 18.9 Å². The third kappa shape index (κ3) is 5.38. The topological polar surface area (TPSA) is 44.5 Å². The highest BCUT2D eigenvalue weighted by Gasteiger charge is 1.97. The molecule has 0 atom stereocenters. The lowest BCUT2D eigenvalue weighted by Gasteiger charge is -2.08. The molecule has 0 fully saturated rings. The van der Waals surface area contributed by atoms with Crippen molar-refractivity contribution in [3.63, 3.8) is 0 Å². The molecule has 2 aromatic carbocycles. The highest BCUT2D eigenvalue weighted by atomic mass is 16.5. The normalized spacial score (nSPS) is 10.3. The number of aryl methyl sites for hydroxylation is 1. The van der Waals surface area contributed by atoms with Crippen molar-refractivity contribution in [3.8, 4) is 11.5 Å². The van der Waals surface area contributed by atoms with Gasteiger partial charge in [0.15, 0.2) is 0 Å². The van der Waals surface area contributed by atoms with Gasteiger partial charge in [-0.25, -0.2) is 0 Å². The van der Waals surface area contributed by atoms with Crippen molar-refractivity contribution in [3.05, 3.63) is 54.1 Å². The van der Waals surface area contributed by atoms with E-state index in [1.807, 2.05) is 36.4 Å². The molecule has 0 aromatic heterocycles. The van der Waals surface area contributed by atoms with Crippen LogP contribution in [0.25, 0.3) is 0 Å². The van der Waals surface area contributed by atoms with Gasteiger partial charge in [0, 0.05) is 5.69 Å². The second-order valence-electron chi connectivity index (χ2n) is 5.01. The molecule has 0 aliphatic rings. The highest BCUT2D eigenvalue weighted by Crippen LogP contribution is 2.18. The molecule has 2 N–H and O–H groups in total. The molecule has 0 heterocycles. The maximum atomic E-state index is 5.73. The quantitative estimate of drug-likeness (QED) is 0.587. The van der Waals surface area contributed by atoms with Crippen molar-refractivity contribution in [1.82, 2.24) is 0 Å². The predicted molar refractivity (Wildman–Crippen MR) is 86.9 cm³/mol. The van der Waals surface area contributed by atoms with Crippen LogP contribution in [0.5, 0.6) is 11.5 Å². The van der Waals surface area contributed by atoms with Crippen LogP contribution in [0.15, 0.2) is 48.5 Å². The van der Waals surface area contributed by atoms with Gasteiger partial charge in [0.2, 0.25) is 0 Å². The van der Waals surface area contributed by atoms with Gasteiger partial charge in [-0.3, -0.25) is 0 Å². The summed E-state index contributed by atoms with van der Waals surface area (Å²) in [6.45, 7) is 3.56. The third-order valence-electron chi connectivity index (χ3n) is 3.15. The molecule has 0 bridgehead atoms. The Morgan fingerprint density at radius 1 is 0.810 bits per heavy atom. The summed E-state index contributed by atoms with van der Waals surface area (Å²) in [6, 6.07) is 15.8. The number of anilines is 1. The minimum absolute atomic E-state index is 0.708. The van der Waals surface area contributed by atoms with E-state index in [9.17, 15) is 0 Å². The molecule has 0 amide bonds. The summed E-state index contributed by atoms with van der Waals surface area (Å²) in [7, 11) is 0. The molecule has 0 saturated carbocycles. The van der Waals surface area contributed by atoms with Gasteiger partial charge in [0.25, 0.3) is 0 Å². The Bertz CT molecular complexity index is 520. The van der Waals surface area contributed by atoms with Gasteiger partial charge >= 0.3 is 0 Å². The Balaban J connectivity index is 1.69. The fourth-order valence-electron chi connectivity index (χ4n) is 2.00. The first-order chi connectivity index (χ1) is 10.3. The van der Waals surface area contributed by atoms with Crippen LogP contribution < -0.4 is 15.2 Å². The zero-order chi connectivity index (χ0) is 14.9. The summed E-state index contributed by atoms with van der Waals surface area (Å²) < 4.78 is 11.3. The van der Waals surface area contributed by atoms with Crippen molar-refractivity contribution in [2.24, 2.45) is 0 Å². The fourth-order valence-corrected chi connectivity index (χ4v) is 2.00. The molecular formula is C18H23NO2. The summed E-state index contributed by atoms with van der Waals surface area (Å²) >= 11 is 0. The maximum Gasteiger partial charge on any atom is 0.119 e. The van der Waals surface area contributed by atoms with E-state index < -0.39 is 0 Å². The van der Waals surface area contributed by atoms with Crippen molar-refractivity contribution in [1.29, 1.82) is 0 Å². The van der Waals surface area contributed by atoms with Crippen LogP contribution in [-0.2, 0) is 6.42 Å². The molecule has 0 radical (unpaired) electrons. The van der Waals surface area contributed by atoms with E-state index >= 15 is 0 Å². The molecule has 21 heavy (non-hydrogen) atoms. The van der Waals surface area contributed by atoms with Crippen LogP contribution in [0.1, 0.15) is 25.3 Å². The van der Waals surface area contributed by atoms with Crippen LogP contribution >= 0.6 is 0 Å². The van der Waals surface area contributed by atoms with Gasteiger partial charge in [-0.1, -0.05) is 19.1 Å². The van der Waals surface area contributed by atoms with Gasteiger partial charge in [-0.05, 0) is 61.2 Å². The molecule has 0 aliphatic heterocycles. The molecule has 112 valence electrons. The van der Waals surface area contributed by atoms with Gasteiger partial charge in [-0.15, -0.1) is 0 Å². The van der Waals surface area contributed by atoms with E-state index in [0.29, 0.717) is 6.61 Å². The summed E-state index contributed by atoms with van der Waals surface area (Å²) in [5.41, 5.74) is 7.76. The number of nitrogens with two attached hydrogens (primary N) is 1. The van der Waals surface area contributed by atoms with Crippen molar-refractivity contribution >= 4 is 5.69 Å². The second kappa shape index (κ2) is 8.20. The van der Waals surface area contributed by atoms with Gasteiger partial charge in [0.1, 0.15) is 11.5 Å². The molecule has 0 aliphatic carbocycles. The number of benzene rings is 2. The Hall–Kier alpha value is -2.16. The molecule has 0 spiro atoms. The Morgan fingerprint density at radius 3 is 1.95 bits per heavy atom. The number of hydrogen-bond acceptors (Lipinski definition) is 3. The zero-order valence-corrected chi connectivity index (χ0v) is 12.5. The van der Waals surface area contributed by atoms with Crippen LogP contribution in [-0.4, -0.2) is 13.2 Å². The Kier molecular flexibility index (Phi) is 5.95. The zero-order valence-electron chi connectivity index (χ0n) is 12.5. The molecule has 2 aromatic rings. The van der Waals surface area contributed by atoms with Gasteiger partial charge in [0.05, 0.1) is 13.2 Å². The average Bonchev–Trinajstić information content (AvgIpc) is 2.52. The summed E-state index contributed by atoms with van der Waals surface area (Å²) in [6.07, 6.45) is 3.00. The van der Waals surface area contributed by atoms with E-state index in [1.165, 1.54) is 5.56 Å². The summed E-state index contributed by atoms with van der Waals surface area (Å²) in [5.74, 6) is 1.78. The van der Waals surface area contributed by atoms with Crippen LogP contribution in [0, 0.1) is 0 Å². The van der Waals surface area contributed by atoms with E-state index in [1.54, 1.807) is 0 Å². The van der Waals surface area contributed by atoms with Gasteiger partial charge in [-0.2, -0.15) is 0 Å². The van der Waals surface area contributed by atoms with Crippen LogP contribution in [0.4, 0.5) is 5.69 Å². The number of rotatable bonds is 8. The maximum absolute atomic E-state index is 5.73. The molecule has 3 heteroatoms. The lowest BCUT2D eigenvalue weighted by atomic mass is 10.1. The van der Waals surface area contributed by atoms with Crippen LogP contribution in [0.2, 0.25) is 0 Å². The van der Waals surface area contributed by atoms with E-state index in [-0.39, 0.29) is 0 Å². The van der Waals surface area contributed by atoms with Crippen molar-refractivity contribution < 1.29 is 9.47 Å². The first-order valence-corrected chi connectivity index (χ1v) is 7.48. The molecule has 2 rings (SSSR count). The van der Waals surface area contributed by atoms with E-state index in [0.717, 1.165) is 43.1 Å². The van der Waals surface area contributed by atoms with Gasteiger partial charge < -0.3 is 15.2 Å². The lowest BCUT2D eigenvalue weighted by Crippen LogP contribution is -2.00.